The third kappa shape index (κ3) is 1.90. The summed E-state index contributed by atoms with van der Waals surface area (Å²) in [5.41, 5.74) is 2.03. The van der Waals surface area contributed by atoms with E-state index in [4.69, 9.17) is 4.74 Å². The Morgan fingerprint density at radius 2 is 2.24 bits per heavy atom. The van der Waals surface area contributed by atoms with Crippen LogP contribution in [0.4, 0.5) is 0 Å². The topological polar surface area (TPSA) is 53.3 Å². The van der Waals surface area contributed by atoms with Crippen LogP contribution in [0.1, 0.15) is 17.2 Å². The lowest BCUT2D eigenvalue weighted by Gasteiger charge is -2.35. The summed E-state index contributed by atoms with van der Waals surface area (Å²) in [6.07, 6.45) is 0.595. The molecule has 2 unspecified atom stereocenters. The number of carbonyl (C=O) groups excluding carboxylic acids is 1. The van der Waals surface area contributed by atoms with Crippen molar-refractivity contribution >= 4 is 5.97 Å². The lowest BCUT2D eigenvalue weighted by atomic mass is 9.89. The number of hydrogen-bond acceptors (Lipinski definition) is 4. The van der Waals surface area contributed by atoms with E-state index < -0.39 is 0 Å². The summed E-state index contributed by atoms with van der Waals surface area (Å²) < 4.78 is 4.78. The Morgan fingerprint density at radius 3 is 2.88 bits per heavy atom. The molecule has 2 atom stereocenters. The van der Waals surface area contributed by atoms with Gasteiger partial charge in [0.15, 0.2) is 0 Å². The first-order valence-electron chi connectivity index (χ1n) is 5.46. The highest BCUT2D eigenvalue weighted by Crippen LogP contribution is 2.31. The molecule has 0 radical (unpaired) electrons. The second-order valence-corrected chi connectivity index (χ2v) is 4.14. The van der Waals surface area contributed by atoms with Gasteiger partial charge in [0.25, 0.3) is 0 Å². The molecule has 0 aliphatic carbocycles. The van der Waals surface area contributed by atoms with E-state index in [9.17, 15) is 10.1 Å². The largest absolute Gasteiger partial charge is 0.468 e. The number of nitriles is 1. The van der Waals surface area contributed by atoms with Crippen LogP contribution in [0.2, 0.25) is 0 Å². The van der Waals surface area contributed by atoms with Crippen LogP contribution in [-0.4, -0.2) is 31.1 Å². The first-order valence-corrected chi connectivity index (χ1v) is 5.46. The molecule has 0 saturated heterocycles. The molecule has 0 amide bonds. The maximum Gasteiger partial charge on any atom is 0.323 e. The molecule has 0 bridgehead atoms. The second-order valence-electron chi connectivity index (χ2n) is 4.14. The number of ether oxygens (including phenoxy) is 1. The van der Waals surface area contributed by atoms with Crippen molar-refractivity contribution in [2.45, 2.75) is 18.5 Å². The van der Waals surface area contributed by atoms with Gasteiger partial charge < -0.3 is 4.74 Å². The molecule has 0 fully saturated rings. The molecule has 17 heavy (non-hydrogen) atoms. The standard InChI is InChI=1S/C13H14N2O2/c1-15-11(13(16)17-2)7-9-5-3-4-6-10(9)12(15)8-14/h3-6,11-12H,7H2,1-2H3. The first-order chi connectivity index (χ1) is 8.19. The molecule has 1 aliphatic heterocycles. The number of nitrogens with zero attached hydrogens (tertiary/aromatic N) is 2. The van der Waals surface area contributed by atoms with Crippen molar-refractivity contribution < 1.29 is 9.53 Å². The summed E-state index contributed by atoms with van der Waals surface area (Å²) in [6, 6.07) is 9.21. The fourth-order valence-electron chi connectivity index (χ4n) is 2.28. The zero-order chi connectivity index (χ0) is 12.4. The molecule has 1 aromatic rings. The molecule has 0 saturated carbocycles. The minimum atomic E-state index is -0.385. The van der Waals surface area contributed by atoms with Crippen LogP contribution < -0.4 is 0 Å². The highest BCUT2D eigenvalue weighted by atomic mass is 16.5. The van der Waals surface area contributed by atoms with E-state index in [1.165, 1.54) is 7.11 Å². The number of likely N-dealkylation sites (N-methyl/N-ethyl adjacent to an activating group) is 1. The van der Waals surface area contributed by atoms with Crippen LogP contribution >= 0.6 is 0 Å². The average molecular weight is 230 g/mol. The molecule has 0 aromatic heterocycles. The van der Waals surface area contributed by atoms with Gasteiger partial charge in [0.05, 0.1) is 13.2 Å². The summed E-state index contributed by atoms with van der Waals surface area (Å²) >= 11 is 0. The van der Waals surface area contributed by atoms with E-state index in [2.05, 4.69) is 6.07 Å². The lowest BCUT2D eigenvalue weighted by molar-refractivity contribution is -0.147. The van der Waals surface area contributed by atoms with E-state index >= 15 is 0 Å². The molecule has 2 rings (SSSR count). The van der Waals surface area contributed by atoms with E-state index in [0.717, 1.165) is 11.1 Å². The van der Waals surface area contributed by atoms with Gasteiger partial charge in [-0.2, -0.15) is 5.26 Å². The number of hydrogen-bond donors (Lipinski definition) is 0. The van der Waals surface area contributed by atoms with Gasteiger partial charge in [-0.15, -0.1) is 0 Å². The van der Waals surface area contributed by atoms with Gasteiger partial charge in [-0.3, -0.25) is 9.69 Å². The lowest BCUT2D eigenvalue weighted by Crippen LogP contribution is -2.46. The van der Waals surface area contributed by atoms with Crippen LogP contribution in [0.15, 0.2) is 24.3 Å². The van der Waals surface area contributed by atoms with Gasteiger partial charge in [-0.25, -0.2) is 0 Å². The van der Waals surface area contributed by atoms with Crippen molar-refractivity contribution in [3.63, 3.8) is 0 Å². The molecule has 4 heteroatoms. The minimum absolute atomic E-state index is 0.290. The van der Waals surface area contributed by atoms with Crippen molar-refractivity contribution in [1.82, 2.24) is 4.90 Å². The Morgan fingerprint density at radius 1 is 1.53 bits per heavy atom. The fourth-order valence-corrected chi connectivity index (χ4v) is 2.28. The minimum Gasteiger partial charge on any atom is -0.468 e. The Balaban J connectivity index is 2.42. The number of carbonyl (C=O) groups is 1. The Hall–Kier alpha value is -1.86. The smallest absolute Gasteiger partial charge is 0.323 e. The van der Waals surface area contributed by atoms with Gasteiger partial charge in [0.2, 0.25) is 0 Å². The molecule has 88 valence electrons. The van der Waals surface area contributed by atoms with Crippen LogP contribution in [0, 0.1) is 11.3 Å². The third-order valence-corrected chi connectivity index (χ3v) is 3.26. The molecule has 1 heterocycles. The summed E-state index contributed by atoms with van der Waals surface area (Å²) in [5.74, 6) is -0.290. The van der Waals surface area contributed by atoms with Gasteiger partial charge in [-0.05, 0) is 24.6 Å². The van der Waals surface area contributed by atoms with E-state index in [-0.39, 0.29) is 18.1 Å². The molecule has 1 aliphatic rings. The predicted molar refractivity (Wildman–Crippen MR) is 62.1 cm³/mol. The van der Waals surface area contributed by atoms with Gasteiger partial charge in [0.1, 0.15) is 12.1 Å². The number of fused-ring (bicyclic) bond motifs is 1. The van der Waals surface area contributed by atoms with E-state index in [1.54, 1.807) is 11.9 Å². The van der Waals surface area contributed by atoms with E-state index in [1.807, 2.05) is 24.3 Å². The SMILES string of the molecule is COC(=O)C1Cc2ccccc2C(C#N)N1C. The Bertz CT molecular complexity index is 479. The Labute approximate surface area is 100 Å². The molecule has 0 N–H and O–H groups in total. The third-order valence-electron chi connectivity index (χ3n) is 3.26. The number of esters is 1. The van der Waals surface area contributed by atoms with Crippen LogP contribution in [0.25, 0.3) is 0 Å². The zero-order valence-electron chi connectivity index (χ0n) is 9.88. The molecular weight excluding hydrogens is 216 g/mol. The summed E-state index contributed by atoms with van der Waals surface area (Å²) in [4.78, 5) is 13.4. The van der Waals surface area contributed by atoms with Gasteiger partial charge in [-0.1, -0.05) is 24.3 Å². The van der Waals surface area contributed by atoms with Crippen LogP contribution in [0.5, 0.6) is 0 Å². The summed E-state index contributed by atoms with van der Waals surface area (Å²) in [5, 5.41) is 9.24. The monoisotopic (exact) mass is 230 g/mol. The van der Waals surface area contributed by atoms with Crippen molar-refractivity contribution in [1.29, 1.82) is 5.26 Å². The highest BCUT2D eigenvalue weighted by Gasteiger charge is 2.36. The van der Waals surface area contributed by atoms with Crippen molar-refractivity contribution in [2.24, 2.45) is 0 Å². The maximum absolute atomic E-state index is 11.7. The highest BCUT2D eigenvalue weighted by molar-refractivity contribution is 5.76. The van der Waals surface area contributed by atoms with Crippen LogP contribution in [-0.2, 0) is 16.0 Å². The van der Waals surface area contributed by atoms with Gasteiger partial charge in [0, 0.05) is 0 Å². The fraction of sp³-hybridized carbons (Fsp3) is 0.385. The molecule has 0 spiro atoms. The number of benzene rings is 1. The summed E-state index contributed by atoms with van der Waals surface area (Å²) in [6.45, 7) is 0. The summed E-state index contributed by atoms with van der Waals surface area (Å²) in [7, 11) is 3.16. The second kappa shape index (κ2) is 4.56. The van der Waals surface area contributed by atoms with Crippen molar-refractivity contribution in [3.05, 3.63) is 35.4 Å². The average Bonchev–Trinajstić information content (AvgIpc) is 2.37. The first kappa shape index (κ1) is 11.6. The predicted octanol–water partition coefficient (Wildman–Crippen LogP) is 1.28. The molecule has 1 aromatic carbocycles. The van der Waals surface area contributed by atoms with Crippen molar-refractivity contribution in [2.75, 3.05) is 14.2 Å². The zero-order valence-corrected chi connectivity index (χ0v) is 9.88. The van der Waals surface area contributed by atoms with Gasteiger partial charge >= 0.3 is 5.97 Å². The quantitative estimate of drug-likeness (QED) is 0.682. The number of rotatable bonds is 1. The van der Waals surface area contributed by atoms with Crippen LogP contribution in [0.3, 0.4) is 0 Å². The number of methoxy groups -OCH3 is 1. The van der Waals surface area contributed by atoms with E-state index in [0.29, 0.717) is 6.42 Å². The normalized spacial score (nSPS) is 23.6. The molecular formula is C13H14N2O2. The Kier molecular flexibility index (Phi) is 3.12. The maximum atomic E-state index is 11.7. The van der Waals surface area contributed by atoms with Crippen molar-refractivity contribution in [3.8, 4) is 6.07 Å². The molecule has 4 nitrogen and oxygen atoms in total.